The van der Waals surface area contributed by atoms with Gasteiger partial charge in [-0.05, 0) is 44.9 Å². The molecular weight excluding hydrogens is 318 g/mol. The van der Waals surface area contributed by atoms with Gasteiger partial charge in [-0.15, -0.1) is 0 Å². The molecule has 0 bridgehead atoms. The average Bonchev–Trinajstić information content (AvgIpc) is 2.57. The van der Waals surface area contributed by atoms with E-state index >= 15 is 0 Å². The molecule has 0 atom stereocenters. The standard InChI is InChI=1S/C19H29N3O3/c1-14(2)25-18(23)8-9-20-19(24)22-12-10-21(11-13-22)17-7-5-6-15(3)16(17)4/h5-7,14H,8-13H2,1-4H3,(H,20,24). The number of nitrogens with zero attached hydrogens (tertiary/aromatic N) is 2. The number of aryl methyl sites for hydroxylation is 1. The number of piperazine rings is 1. The first-order valence-electron chi connectivity index (χ1n) is 8.92. The van der Waals surface area contributed by atoms with Gasteiger partial charge in [0.1, 0.15) is 0 Å². The van der Waals surface area contributed by atoms with E-state index in [0.717, 1.165) is 13.1 Å². The quantitative estimate of drug-likeness (QED) is 0.831. The molecule has 1 aliphatic heterocycles. The average molecular weight is 347 g/mol. The van der Waals surface area contributed by atoms with Crippen LogP contribution in [0.4, 0.5) is 10.5 Å². The van der Waals surface area contributed by atoms with E-state index in [9.17, 15) is 9.59 Å². The molecule has 0 saturated carbocycles. The van der Waals surface area contributed by atoms with Gasteiger partial charge in [-0.2, -0.15) is 0 Å². The molecular formula is C19H29N3O3. The van der Waals surface area contributed by atoms with Crippen LogP contribution in [0.3, 0.4) is 0 Å². The molecule has 0 aromatic heterocycles. The number of urea groups is 1. The summed E-state index contributed by atoms with van der Waals surface area (Å²) in [5.41, 5.74) is 3.83. The van der Waals surface area contributed by atoms with Crippen molar-refractivity contribution in [1.82, 2.24) is 10.2 Å². The molecule has 6 heteroatoms. The lowest BCUT2D eigenvalue weighted by atomic mass is 10.1. The topological polar surface area (TPSA) is 61.9 Å². The molecule has 1 heterocycles. The van der Waals surface area contributed by atoms with Gasteiger partial charge in [-0.3, -0.25) is 4.79 Å². The number of rotatable bonds is 5. The van der Waals surface area contributed by atoms with Crippen LogP contribution in [0.5, 0.6) is 0 Å². The molecule has 0 aliphatic carbocycles. The molecule has 2 amide bonds. The molecule has 1 aromatic rings. The monoisotopic (exact) mass is 347 g/mol. The fourth-order valence-electron chi connectivity index (χ4n) is 2.93. The Balaban J connectivity index is 1.77. The zero-order chi connectivity index (χ0) is 18.4. The lowest BCUT2D eigenvalue weighted by Crippen LogP contribution is -2.52. The summed E-state index contributed by atoms with van der Waals surface area (Å²) in [6.45, 7) is 11.2. The fraction of sp³-hybridized carbons (Fsp3) is 0.579. The largest absolute Gasteiger partial charge is 0.463 e. The van der Waals surface area contributed by atoms with Crippen LogP contribution in [0.15, 0.2) is 18.2 Å². The lowest BCUT2D eigenvalue weighted by Gasteiger charge is -2.37. The molecule has 2 rings (SSSR count). The minimum Gasteiger partial charge on any atom is -0.463 e. The van der Waals surface area contributed by atoms with Crippen LogP contribution in [0, 0.1) is 13.8 Å². The van der Waals surface area contributed by atoms with Gasteiger partial charge >= 0.3 is 12.0 Å². The van der Waals surface area contributed by atoms with Gasteiger partial charge < -0.3 is 19.9 Å². The Morgan fingerprint density at radius 3 is 2.48 bits per heavy atom. The maximum atomic E-state index is 12.2. The summed E-state index contributed by atoms with van der Waals surface area (Å²) in [7, 11) is 0. The third kappa shape index (κ3) is 5.37. The summed E-state index contributed by atoms with van der Waals surface area (Å²) in [6.07, 6.45) is 0.0770. The molecule has 138 valence electrons. The summed E-state index contributed by atoms with van der Waals surface area (Å²) < 4.78 is 5.05. The highest BCUT2D eigenvalue weighted by molar-refractivity contribution is 5.76. The second kappa shape index (κ2) is 8.74. The summed E-state index contributed by atoms with van der Waals surface area (Å²) >= 11 is 0. The fourth-order valence-corrected chi connectivity index (χ4v) is 2.93. The van der Waals surface area contributed by atoms with Crippen LogP contribution in [-0.4, -0.2) is 55.7 Å². The van der Waals surface area contributed by atoms with Crippen molar-refractivity contribution in [1.29, 1.82) is 0 Å². The molecule has 0 spiro atoms. The Kier molecular flexibility index (Phi) is 6.67. The molecule has 1 fully saturated rings. The van der Waals surface area contributed by atoms with Crippen LogP contribution in [0.25, 0.3) is 0 Å². The number of carbonyl (C=O) groups excluding carboxylic acids is 2. The minimum absolute atomic E-state index is 0.113. The number of amides is 2. The first-order valence-corrected chi connectivity index (χ1v) is 8.92. The summed E-state index contributed by atoms with van der Waals surface area (Å²) in [6, 6.07) is 6.22. The van der Waals surface area contributed by atoms with Gasteiger partial charge in [0.2, 0.25) is 0 Å². The summed E-state index contributed by atoms with van der Waals surface area (Å²) in [4.78, 5) is 27.8. The van der Waals surface area contributed by atoms with Crippen molar-refractivity contribution in [2.24, 2.45) is 0 Å². The normalized spacial score (nSPS) is 14.6. The van der Waals surface area contributed by atoms with Crippen molar-refractivity contribution in [2.45, 2.75) is 40.2 Å². The van der Waals surface area contributed by atoms with Crippen LogP contribution >= 0.6 is 0 Å². The number of nitrogens with one attached hydrogen (secondary N) is 1. The molecule has 0 unspecified atom stereocenters. The van der Waals surface area contributed by atoms with Gasteiger partial charge in [0.05, 0.1) is 12.5 Å². The SMILES string of the molecule is Cc1cccc(N2CCN(C(=O)NCCC(=O)OC(C)C)CC2)c1C. The number of esters is 1. The number of benzene rings is 1. The molecule has 1 saturated heterocycles. The van der Waals surface area contributed by atoms with Gasteiger partial charge in [0.25, 0.3) is 0 Å². The predicted molar refractivity (Wildman–Crippen MR) is 98.9 cm³/mol. The van der Waals surface area contributed by atoms with Gasteiger partial charge in [0, 0.05) is 38.4 Å². The maximum absolute atomic E-state index is 12.2. The molecule has 6 nitrogen and oxygen atoms in total. The summed E-state index contributed by atoms with van der Waals surface area (Å²) in [5, 5.41) is 2.80. The first kappa shape index (κ1) is 19.1. The zero-order valence-electron chi connectivity index (χ0n) is 15.7. The van der Waals surface area contributed by atoms with E-state index in [1.54, 1.807) is 4.90 Å². The van der Waals surface area contributed by atoms with Crippen molar-refractivity contribution < 1.29 is 14.3 Å². The molecule has 25 heavy (non-hydrogen) atoms. The number of ether oxygens (including phenoxy) is 1. The van der Waals surface area contributed by atoms with E-state index < -0.39 is 0 Å². The second-order valence-electron chi connectivity index (χ2n) is 6.71. The number of anilines is 1. The van der Waals surface area contributed by atoms with Crippen LogP contribution < -0.4 is 10.2 Å². The maximum Gasteiger partial charge on any atom is 0.317 e. The highest BCUT2D eigenvalue weighted by Crippen LogP contribution is 2.23. The molecule has 1 N–H and O–H groups in total. The number of hydrogen-bond donors (Lipinski definition) is 1. The van der Waals surface area contributed by atoms with Gasteiger partial charge in [-0.1, -0.05) is 12.1 Å². The molecule has 1 aliphatic rings. The Bertz CT molecular complexity index is 608. The number of carbonyl (C=O) groups is 2. The van der Waals surface area contributed by atoms with E-state index in [1.807, 2.05) is 13.8 Å². The third-order valence-electron chi connectivity index (χ3n) is 4.46. The molecule has 0 radical (unpaired) electrons. The number of hydrogen-bond acceptors (Lipinski definition) is 4. The Morgan fingerprint density at radius 2 is 1.84 bits per heavy atom. The van der Waals surface area contributed by atoms with E-state index in [4.69, 9.17) is 4.74 Å². The van der Waals surface area contributed by atoms with Crippen molar-refractivity contribution in [3.05, 3.63) is 29.3 Å². The third-order valence-corrected chi connectivity index (χ3v) is 4.46. The Morgan fingerprint density at radius 1 is 1.16 bits per heavy atom. The van der Waals surface area contributed by atoms with E-state index in [1.165, 1.54) is 16.8 Å². The lowest BCUT2D eigenvalue weighted by molar-refractivity contribution is -0.147. The molecule has 1 aromatic carbocycles. The second-order valence-corrected chi connectivity index (χ2v) is 6.71. The van der Waals surface area contributed by atoms with Crippen LogP contribution in [0.1, 0.15) is 31.4 Å². The Hall–Kier alpha value is -2.24. The van der Waals surface area contributed by atoms with Crippen molar-refractivity contribution in [3.8, 4) is 0 Å². The van der Waals surface area contributed by atoms with Gasteiger partial charge in [-0.25, -0.2) is 4.79 Å². The highest BCUT2D eigenvalue weighted by atomic mass is 16.5. The Labute approximate surface area is 150 Å². The highest BCUT2D eigenvalue weighted by Gasteiger charge is 2.22. The van der Waals surface area contributed by atoms with Gasteiger partial charge in [0.15, 0.2) is 0 Å². The van der Waals surface area contributed by atoms with Crippen LogP contribution in [0.2, 0.25) is 0 Å². The van der Waals surface area contributed by atoms with E-state index in [2.05, 4.69) is 42.3 Å². The first-order chi connectivity index (χ1) is 11.9. The smallest absolute Gasteiger partial charge is 0.317 e. The summed E-state index contributed by atoms with van der Waals surface area (Å²) in [5.74, 6) is -0.282. The van der Waals surface area contributed by atoms with Crippen molar-refractivity contribution in [3.63, 3.8) is 0 Å². The van der Waals surface area contributed by atoms with Crippen LogP contribution in [-0.2, 0) is 9.53 Å². The van der Waals surface area contributed by atoms with Crippen molar-refractivity contribution in [2.75, 3.05) is 37.6 Å². The van der Waals surface area contributed by atoms with E-state index in [0.29, 0.717) is 19.6 Å². The van der Waals surface area contributed by atoms with E-state index in [-0.39, 0.29) is 24.5 Å². The predicted octanol–water partition coefficient (Wildman–Crippen LogP) is 2.48. The van der Waals surface area contributed by atoms with Crippen molar-refractivity contribution >= 4 is 17.7 Å². The minimum atomic E-state index is -0.282. The zero-order valence-corrected chi connectivity index (χ0v) is 15.7.